The van der Waals surface area contributed by atoms with E-state index in [2.05, 4.69) is 12.6 Å². The smallest absolute Gasteiger partial charge is 0.270 e. The Labute approximate surface area is 104 Å². The second-order valence-corrected chi connectivity index (χ2v) is 4.06. The molecule has 17 heavy (non-hydrogen) atoms. The first kappa shape index (κ1) is 11.5. The Morgan fingerprint density at radius 2 is 1.82 bits per heavy atom. The van der Waals surface area contributed by atoms with Gasteiger partial charge < -0.3 is 5.73 Å². The number of hydrogen-bond acceptors (Lipinski definition) is 4. The van der Waals surface area contributed by atoms with Crippen molar-refractivity contribution in [3.8, 4) is 11.1 Å². The second-order valence-electron chi connectivity index (χ2n) is 3.58. The number of nitro benzene ring substituents is 1. The molecule has 0 radical (unpaired) electrons. The van der Waals surface area contributed by atoms with Crippen LogP contribution in [0.15, 0.2) is 47.4 Å². The van der Waals surface area contributed by atoms with Crippen LogP contribution in [0.25, 0.3) is 11.1 Å². The molecule has 2 aromatic rings. The highest BCUT2D eigenvalue weighted by Gasteiger charge is 2.07. The summed E-state index contributed by atoms with van der Waals surface area (Å²) in [6, 6.07) is 11.8. The average molecular weight is 246 g/mol. The molecule has 0 fully saturated rings. The average Bonchev–Trinajstić information content (AvgIpc) is 2.33. The van der Waals surface area contributed by atoms with Gasteiger partial charge in [-0.1, -0.05) is 18.2 Å². The van der Waals surface area contributed by atoms with Gasteiger partial charge in [-0.15, -0.1) is 12.6 Å². The van der Waals surface area contributed by atoms with E-state index in [4.69, 9.17) is 5.73 Å². The van der Waals surface area contributed by atoms with E-state index in [-0.39, 0.29) is 5.69 Å². The molecule has 86 valence electrons. The van der Waals surface area contributed by atoms with Crippen LogP contribution in [0.2, 0.25) is 0 Å². The van der Waals surface area contributed by atoms with Crippen molar-refractivity contribution >= 4 is 24.0 Å². The maximum Gasteiger partial charge on any atom is 0.270 e. The van der Waals surface area contributed by atoms with Gasteiger partial charge in [0.05, 0.1) is 4.92 Å². The molecule has 0 heterocycles. The van der Waals surface area contributed by atoms with Gasteiger partial charge in [0.25, 0.3) is 5.69 Å². The van der Waals surface area contributed by atoms with Crippen molar-refractivity contribution in [2.45, 2.75) is 4.90 Å². The lowest BCUT2D eigenvalue weighted by atomic mass is 10.0. The summed E-state index contributed by atoms with van der Waals surface area (Å²) in [7, 11) is 0. The molecule has 0 spiro atoms. The van der Waals surface area contributed by atoms with Crippen molar-refractivity contribution in [2.75, 3.05) is 5.73 Å². The molecule has 2 rings (SSSR count). The zero-order valence-corrected chi connectivity index (χ0v) is 9.72. The Hall–Kier alpha value is -2.01. The highest BCUT2D eigenvalue weighted by molar-refractivity contribution is 7.80. The monoisotopic (exact) mass is 246 g/mol. The number of nitrogens with two attached hydrogens (primary N) is 1. The molecule has 0 saturated heterocycles. The lowest BCUT2D eigenvalue weighted by Gasteiger charge is -2.04. The summed E-state index contributed by atoms with van der Waals surface area (Å²) in [5.74, 6) is 0. The molecule has 5 heteroatoms. The molecule has 0 aliphatic heterocycles. The van der Waals surface area contributed by atoms with Crippen molar-refractivity contribution < 1.29 is 4.92 Å². The Morgan fingerprint density at radius 1 is 1.12 bits per heavy atom. The predicted octanol–water partition coefficient (Wildman–Crippen LogP) is 3.13. The van der Waals surface area contributed by atoms with Gasteiger partial charge in [0.15, 0.2) is 0 Å². The fourth-order valence-corrected chi connectivity index (χ4v) is 1.67. The van der Waals surface area contributed by atoms with Gasteiger partial charge in [0.2, 0.25) is 0 Å². The molecule has 2 N–H and O–H groups in total. The molecule has 0 unspecified atom stereocenters. The van der Waals surface area contributed by atoms with Crippen LogP contribution in [0.5, 0.6) is 0 Å². The molecule has 0 saturated carbocycles. The Bertz CT molecular complexity index is 584. The minimum atomic E-state index is -0.417. The first-order chi connectivity index (χ1) is 8.08. The lowest BCUT2D eigenvalue weighted by Crippen LogP contribution is -1.90. The molecule has 0 aliphatic rings. The van der Waals surface area contributed by atoms with Crippen LogP contribution in [0.4, 0.5) is 11.4 Å². The minimum Gasteiger partial charge on any atom is -0.398 e. The first-order valence-corrected chi connectivity index (χ1v) is 5.36. The number of nitrogen functional groups attached to an aromatic ring is 1. The van der Waals surface area contributed by atoms with Crippen LogP contribution in [0, 0.1) is 10.1 Å². The van der Waals surface area contributed by atoms with Crippen LogP contribution in [-0.4, -0.2) is 4.92 Å². The van der Waals surface area contributed by atoms with Gasteiger partial charge in [0, 0.05) is 22.7 Å². The van der Waals surface area contributed by atoms with Gasteiger partial charge in [-0.05, 0) is 23.3 Å². The van der Waals surface area contributed by atoms with Crippen molar-refractivity contribution in [3.05, 3.63) is 52.6 Å². The summed E-state index contributed by atoms with van der Waals surface area (Å²) in [5, 5.41) is 10.7. The van der Waals surface area contributed by atoms with E-state index in [1.165, 1.54) is 12.1 Å². The normalized spacial score (nSPS) is 10.2. The Balaban J connectivity index is 2.49. The standard InChI is InChI=1S/C12H10N2O2S/c13-11-7-9(4-5-12(11)17)8-2-1-3-10(6-8)14(15)16/h1-7,17H,13H2. The molecule has 0 aliphatic carbocycles. The van der Waals surface area contributed by atoms with Crippen LogP contribution in [0.1, 0.15) is 0 Å². The Morgan fingerprint density at radius 3 is 2.47 bits per heavy atom. The minimum absolute atomic E-state index is 0.0658. The van der Waals surface area contributed by atoms with E-state index < -0.39 is 4.92 Å². The van der Waals surface area contributed by atoms with E-state index in [1.54, 1.807) is 24.3 Å². The van der Waals surface area contributed by atoms with E-state index in [0.29, 0.717) is 10.6 Å². The second kappa shape index (κ2) is 4.47. The summed E-state index contributed by atoms with van der Waals surface area (Å²) >= 11 is 4.18. The van der Waals surface area contributed by atoms with Crippen LogP contribution in [0.3, 0.4) is 0 Å². The first-order valence-electron chi connectivity index (χ1n) is 4.91. The highest BCUT2D eigenvalue weighted by atomic mass is 32.1. The van der Waals surface area contributed by atoms with Crippen LogP contribution >= 0.6 is 12.6 Å². The number of thiol groups is 1. The van der Waals surface area contributed by atoms with Gasteiger partial charge in [-0.25, -0.2) is 0 Å². The van der Waals surface area contributed by atoms with Crippen LogP contribution < -0.4 is 5.73 Å². The molecule has 0 aromatic heterocycles. The molecule has 0 atom stereocenters. The zero-order valence-electron chi connectivity index (χ0n) is 8.83. The fourth-order valence-electron chi connectivity index (χ4n) is 1.53. The van der Waals surface area contributed by atoms with Gasteiger partial charge >= 0.3 is 0 Å². The molecule has 4 nitrogen and oxygen atoms in total. The van der Waals surface area contributed by atoms with E-state index >= 15 is 0 Å². The maximum atomic E-state index is 10.7. The molecule has 0 bridgehead atoms. The lowest BCUT2D eigenvalue weighted by molar-refractivity contribution is -0.384. The van der Waals surface area contributed by atoms with Crippen molar-refractivity contribution in [2.24, 2.45) is 0 Å². The molecule has 2 aromatic carbocycles. The van der Waals surface area contributed by atoms with Gasteiger partial charge in [-0.2, -0.15) is 0 Å². The van der Waals surface area contributed by atoms with Gasteiger partial charge in [0.1, 0.15) is 0 Å². The predicted molar refractivity (Wildman–Crippen MR) is 70.2 cm³/mol. The molecule has 0 amide bonds. The van der Waals surface area contributed by atoms with Crippen molar-refractivity contribution in [1.82, 2.24) is 0 Å². The molecular weight excluding hydrogens is 236 g/mol. The number of hydrogen-bond donors (Lipinski definition) is 2. The van der Waals surface area contributed by atoms with Crippen LogP contribution in [-0.2, 0) is 0 Å². The number of non-ortho nitro benzene ring substituents is 1. The fraction of sp³-hybridized carbons (Fsp3) is 0. The van der Waals surface area contributed by atoms with E-state index in [0.717, 1.165) is 11.1 Å². The summed E-state index contributed by atoms with van der Waals surface area (Å²) in [4.78, 5) is 11.0. The topological polar surface area (TPSA) is 69.2 Å². The SMILES string of the molecule is Nc1cc(-c2cccc([N+](=O)[O-])c2)ccc1S. The van der Waals surface area contributed by atoms with E-state index in [1.807, 2.05) is 6.07 Å². The largest absolute Gasteiger partial charge is 0.398 e. The third-order valence-corrected chi connectivity index (χ3v) is 2.83. The number of benzene rings is 2. The maximum absolute atomic E-state index is 10.7. The summed E-state index contributed by atoms with van der Waals surface area (Å²) in [5.41, 5.74) is 7.96. The van der Waals surface area contributed by atoms with Crippen molar-refractivity contribution in [1.29, 1.82) is 0 Å². The van der Waals surface area contributed by atoms with Crippen molar-refractivity contribution in [3.63, 3.8) is 0 Å². The van der Waals surface area contributed by atoms with Gasteiger partial charge in [-0.3, -0.25) is 10.1 Å². The Kier molecular flexibility index (Phi) is 3.01. The quantitative estimate of drug-likeness (QED) is 0.370. The number of nitro groups is 1. The third kappa shape index (κ3) is 2.39. The number of rotatable bonds is 2. The highest BCUT2D eigenvalue weighted by Crippen LogP contribution is 2.27. The number of anilines is 1. The van der Waals surface area contributed by atoms with E-state index in [9.17, 15) is 10.1 Å². The third-order valence-electron chi connectivity index (χ3n) is 2.42. The summed E-state index contributed by atoms with van der Waals surface area (Å²) < 4.78 is 0. The summed E-state index contributed by atoms with van der Waals surface area (Å²) in [6.07, 6.45) is 0. The summed E-state index contributed by atoms with van der Waals surface area (Å²) in [6.45, 7) is 0. The zero-order chi connectivity index (χ0) is 12.4. The number of nitrogens with zero attached hydrogens (tertiary/aromatic N) is 1. The molecular formula is C12H10N2O2S.